The highest BCUT2D eigenvalue weighted by Crippen LogP contribution is 2.30. The van der Waals surface area contributed by atoms with Crippen LogP contribution in [0, 0.1) is 6.92 Å². The molecule has 0 spiro atoms. The van der Waals surface area contributed by atoms with E-state index in [1.54, 1.807) is 6.20 Å². The maximum absolute atomic E-state index is 4.95. The lowest BCUT2D eigenvalue weighted by Gasteiger charge is -2.11. The van der Waals surface area contributed by atoms with Gasteiger partial charge in [-0.25, -0.2) is 9.97 Å². The summed E-state index contributed by atoms with van der Waals surface area (Å²) >= 11 is 0. The monoisotopic (exact) mass is 399 g/mol. The summed E-state index contributed by atoms with van der Waals surface area (Å²) in [7, 11) is 0. The second-order valence-corrected chi connectivity index (χ2v) is 7.52. The van der Waals surface area contributed by atoms with Crippen molar-refractivity contribution in [2.75, 3.05) is 0 Å². The van der Waals surface area contributed by atoms with Crippen molar-refractivity contribution in [3.8, 4) is 45.0 Å². The van der Waals surface area contributed by atoms with Crippen LogP contribution in [-0.2, 0) is 0 Å². The zero-order chi connectivity index (χ0) is 21.0. The molecule has 0 aliphatic carbocycles. The van der Waals surface area contributed by atoms with Crippen molar-refractivity contribution in [2.45, 2.75) is 6.92 Å². The minimum absolute atomic E-state index is 0.729. The first kappa shape index (κ1) is 18.9. The Labute approximate surface area is 182 Å². The van der Waals surface area contributed by atoms with Gasteiger partial charge in [0.05, 0.1) is 11.4 Å². The molecule has 0 saturated heterocycles. The van der Waals surface area contributed by atoms with Gasteiger partial charge in [-0.15, -0.1) is 0 Å². The van der Waals surface area contributed by atoms with Gasteiger partial charge in [-0.1, -0.05) is 78.4 Å². The fraction of sp³-hybridized carbons (Fsp3) is 0.0357. The summed E-state index contributed by atoms with van der Waals surface area (Å²) in [5, 5.41) is 0. The van der Waals surface area contributed by atoms with Crippen molar-refractivity contribution >= 4 is 0 Å². The number of pyridine rings is 1. The van der Waals surface area contributed by atoms with Crippen LogP contribution in [0.5, 0.6) is 0 Å². The molecule has 0 atom stereocenters. The smallest absolute Gasteiger partial charge is 0.160 e. The normalized spacial score (nSPS) is 10.7. The SMILES string of the molecule is Cc1cccc(-c2nc(-c3ccccc3)cc(-c3cccc(-c4cccnc4)c3)n2)c1. The molecule has 0 bridgehead atoms. The third-order valence-electron chi connectivity index (χ3n) is 5.23. The molecule has 0 aliphatic rings. The van der Waals surface area contributed by atoms with Crippen LogP contribution in [0.2, 0.25) is 0 Å². The lowest BCUT2D eigenvalue weighted by molar-refractivity contribution is 1.18. The Balaban J connectivity index is 1.67. The third-order valence-corrected chi connectivity index (χ3v) is 5.23. The molecule has 0 fully saturated rings. The van der Waals surface area contributed by atoms with E-state index in [2.05, 4.69) is 78.6 Å². The molecule has 31 heavy (non-hydrogen) atoms. The maximum atomic E-state index is 4.95. The highest BCUT2D eigenvalue weighted by molar-refractivity contribution is 5.75. The van der Waals surface area contributed by atoms with E-state index in [1.165, 1.54) is 5.56 Å². The first-order valence-corrected chi connectivity index (χ1v) is 10.3. The van der Waals surface area contributed by atoms with E-state index in [-0.39, 0.29) is 0 Å². The second kappa shape index (κ2) is 8.33. The van der Waals surface area contributed by atoms with E-state index in [1.807, 2.05) is 36.5 Å². The quantitative estimate of drug-likeness (QED) is 0.332. The van der Waals surface area contributed by atoms with Crippen molar-refractivity contribution in [3.63, 3.8) is 0 Å². The van der Waals surface area contributed by atoms with E-state index >= 15 is 0 Å². The predicted molar refractivity (Wildman–Crippen MR) is 126 cm³/mol. The average molecular weight is 399 g/mol. The number of aromatic nitrogens is 3. The Kier molecular flexibility index (Phi) is 5.07. The van der Waals surface area contributed by atoms with Gasteiger partial charge in [-0.3, -0.25) is 4.98 Å². The summed E-state index contributed by atoms with van der Waals surface area (Å²) in [6.45, 7) is 2.09. The second-order valence-electron chi connectivity index (χ2n) is 7.52. The Morgan fingerprint density at radius 2 is 1.19 bits per heavy atom. The molecular weight excluding hydrogens is 378 g/mol. The van der Waals surface area contributed by atoms with Crippen molar-refractivity contribution in [3.05, 3.63) is 115 Å². The maximum Gasteiger partial charge on any atom is 0.160 e. The molecular formula is C28H21N3. The standard InChI is InChI=1S/C28H21N3/c1-20-8-5-13-24(16-20)28-30-26(21-9-3-2-4-10-21)18-27(31-28)23-12-6-11-22(17-23)25-14-7-15-29-19-25/h2-19H,1H3. The molecule has 2 aromatic heterocycles. The Bertz CT molecular complexity index is 1330. The van der Waals surface area contributed by atoms with Gasteiger partial charge in [0.15, 0.2) is 5.82 Å². The van der Waals surface area contributed by atoms with Crippen LogP contribution < -0.4 is 0 Å². The molecule has 148 valence electrons. The summed E-state index contributed by atoms with van der Waals surface area (Å²) in [5.74, 6) is 0.729. The van der Waals surface area contributed by atoms with Crippen molar-refractivity contribution in [1.82, 2.24) is 15.0 Å². The van der Waals surface area contributed by atoms with Crippen LogP contribution in [0.4, 0.5) is 0 Å². The molecule has 3 heteroatoms. The van der Waals surface area contributed by atoms with Crippen molar-refractivity contribution in [2.24, 2.45) is 0 Å². The Morgan fingerprint density at radius 3 is 1.97 bits per heavy atom. The van der Waals surface area contributed by atoms with Gasteiger partial charge in [-0.05, 0) is 36.8 Å². The minimum atomic E-state index is 0.729. The van der Waals surface area contributed by atoms with Crippen LogP contribution in [-0.4, -0.2) is 15.0 Å². The van der Waals surface area contributed by atoms with E-state index in [4.69, 9.17) is 9.97 Å². The fourth-order valence-corrected chi connectivity index (χ4v) is 3.66. The fourth-order valence-electron chi connectivity index (χ4n) is 3.66. The zero-order valence-electron chi connectivity index (χ0n) is 17.2. The van der Waals surface area contributed by atoms with Gasteiger partial charge in [0, 0.05) is 34.6 Å². The number of nitrogens with zero attached hydrogens (tertiary/aromatic N) is 3. The van der Waals surface area contributed by atoms with Crippen LogP contribution in [0.15, 0.2) is 109 Å². The molecule has 5 rings (SSSR count). The van der Waals surface area contributed by atoms with Gasteiger partial charge in [0.25, 0.3) is 0 Å². The van der Waals surface area contributed by atoms with Crippen molar-refractivity contribution < 1.29 is 0 Å². The third kappa shape index (κ3) is 4.12. The summed E-state index contributed by atoms with van der Waals surface area (Å²) in [4.78, 5) is 14.1. The lowest BCUT2D eigenvalue weighted by atomic mass is 10.0. The first-order chi connectivity index (χ1) is 15.3. The molecule has 5 aromatic rings. The largest absolute Gasteiger partial charge is 0.264 e. The minimum Gasteiger partial charge on any atom is -0.264 e. The molecule has 2 heterocycles. The number of aryl methyl sites for hydroxylation is 1. The van der Waals surface area contributed by atoms with Gasteiger partial charge >= 0.3 is 0 Å². The molecule has 3 nitrogen and oxygen atoms in total. The number of hydrogen-bond donors (Lipinski definition) is 0. The number of rotatable bonds is 4. The predicted octanol–water partition coefficient (Wildman–Crippen LogP) is 6.85. The number of benzene rings is 3. The van der Waals surface area contributed by atoms with Crippen LogP contribution >= 0.6 is 0 Å². The molecule has 0 unspecified atom stereocenters. The van der Waals surface area contributed by atoms with Crippen LogP contribution in [0.25, 0.3) is 45.0 Å². The molecule has 0 radical (unpaired) electrons. The van der Waals surface area contributed by atoms with Crippen LogP contribution in [0.1, 0.15) is 5.56 Å². The zero-order valence-corrected chi connectivity index (χ0v) is 17.2. The van der Waals surface area contributed by atoms with E-state index < -0.39 is 0 Å². The molecule has 3 aromatic carbocycles. The molecule has 0 amide bonds. The first-order valence-electron chi connectivity index (χ1n) is 10.3. The summed E-state index contributed by atoms with van der Waals surface area (Å²) in [6.07, 6.45) is 3.67. The molecule has 0 saturated carbocycles. The highest BCUT2D eigenvalue weighted by Gasteiger charge is 2.11. The average Bonchev–Trinajstić information content (AvgIpc) is 2.85. The highest BCUT2D eigenvalue weighted by atomic mass is 14.9. The van der Waals surface area contributed by atoms with Gasteiger partial charge in [0.1, 0.15) is 0 Å². The van der Waals surface area contributed by atoms with E-state index in [9.17, 15) is 0 Å². The van der Waals surface area contributed by atoms with Gasteiger partial charge in [0.2, 0.25) is 0 Å². The van der Waals surface area contributed by atoms with Crippen LogP contribution in [0.3, 0.4) is 0 Å². The van der Waals surface area contributed by atoms with Gasteiger partial charge < -0.3 is 0 Å². The van der Waals surface area contributed by atoms with Gasteiger partial charge in [-0.2, -0.15) is 0 Å². The Hall–Kier alpha value is -4.11. The summed E-state index contributed by atoms with van der Waals surface area (Å²) in [6, 6.07) is 33.1. The molecule has 0 N–H and O–H groups in total. The summed E-state index contributed by atoms with van der Waals surface area (Å²) < 4.78 is 0. The van der Waals surface area contributed by atoms with E-state index in [0.717, 1.165) is 45.0 Å². The topological polar surface area (TPSA) is 38.7 Å². The van der Waals surface area contributed by atoms with E-state index in [0.29, 0.717) is 0 Å². The Morgan fingerprint density at radius 1 is 0.516 bits per heavy atom. The summed E-state index contributed by atoms with van der Waals surface area (Å²) in [5.41, 5.74) is 8.33. The lowest BCUT2D eigenvalue weighted by Crippen LogP contribution is -1.96. The molecule has 0 aliphatic heterocycles. The van der Waals surface area contributed by atoms with Crippen molar-refractivity contribution in [1.29, 1.82) is 0 Å². The number of hydrogen-bond acceptors (Lipinski definition) is 3.